The number of carbonyl (C=O) groups excluding carboxylic acids is 1. The van der Waals surface area contributed by atoms with Gasteiger partial charge in [-0.15, -0.1) is 0 Å². The normalized spacial score (nSPS) is 21.1. The predicted molar refractivity (Wildman–Crippen MR) is 58.7 cm³/mol. The van der Waals surface area contributed by atoms with Crippen LogP contribution in [0, 0.1) is 0 Å². The van der Waals surface area contributed by atoms with Crippen molar-refractivity contribution < 1.29 is 14.6 Å². The minimum absolute atomic E-state index is 0.0902. The number of ether oxygens (including phenoxy) is 1. The first kappa shape index (κ1) is 11.0. The fourth-order valence-electron chi connectivity index (χ4n) is 1.84. The number of aliphatic hydroxyl groups is 1. The van der Waals surface area contributed by atoms with Crippen LogP contribution in [0.5, 0.6) is 0 Å². The van der Waals surface area contributed by atoms with Crippen molar-refractivity contribution in [2.24, 2.45) is 0 Å². The van der Waals surface area contributed by atoms with E-state index >= 15 is 0 Å². The summed E-state index contributed by atoms with van der Waals surface area (Å²) in [6.45, 7) is 2.11. The predicted octanol–water partition coefficient (Wildman–Crippen LogP) is 1.91. The molecule has 4 nitrogen and oxygen atoms in total. The van der Waals surface area contributed by atoms with Crippen molar-refractivity contribution in [3.8, 4) is 0 Å². The van der Waals surface area contributed by atoms with Gasteiger partial charge >= 0.3 is 6.09 Å². The summed E-state index contributed by atoms with van der Waals surface area (Å²) in [4.78, 5) is 13.2. The molecule has 1 amide bonds. The highest BCUT2D eigenvalue weighted by molar-refractivity contribution is 5.69. The summed E-state index contributed by atoms with van der Waals surface area (Å²) in [5.41, 5.74) is 1.11. The van der Waals surface area contributed by atoms with Crippen molar-refractivity contribution >= 4 is 6.09 Å². The maximum Gasteiger partial charge on any atom is 0.412 e. The highest BCUT2D eigenvalue weighted by Gasteiger charge is 2.34. The van der Waals surface area contributed by atoms with Gasteiger partial charge in [-0.2, -0.15) is 0 Å². The number of rotatable bonds is 2. The largest absolute Gasteiger partial charge is 0.420 e. The zero-order chi connectivity index (χ0) is 11.5. The molecule has 0 radical (unpaired) electrons. The summed E-state index contributed by atoms with van der Waals surface area (Å²) in [6.07, 6.45) is -0.557. The van der Waals surface area contributed by atoms with E-state index in [-0.39, 0.29) is 6.04 Å². The Hall–Kier alpha value is -1.55. The molecule has 86 valence electrons. The van der Waals surface area contributed by atoms with E-state index in [1.807, 2.05) is 30.3 Å². The van der Waals surface area contributed by atoms with Crippen LogP contribution in [-0.4, -0.2) is 28.9 Å². The lowest BCUT2D eigenvalue weighted by molar-refractivity contribution is -0.0643. The number of benzene rings is 1. The molecule has 2 rings (SSSR count). The summed E-state index contributed by atoms with van der Waals surface area (Å²) >= 11 is 0. The Balaban J connectivity index is 2.01. The average molecular weight is 221 g/mol. The van der Waals surface area contributed by atoms with Crippen molar-refractivity contribution in [2.75, 3.05) is 6.54 Å². The number of aliphatic hydroxyl groups excluding tert-OH is 1. The molecule has 1 heterocycles. The number of amides is 1. The van der Waals surface area contributed by atoms with Crippen LogP contribution >= 0.6 is 0 Å². The maximum absolute atomic E-state index is 11.6. The van der Waals surface area contributed by atoms with Crippen LogP contribution in [0.3, 0.4) is 0 Å². The second-order valence-corrected chi connectivity index (χ2v) is 3.89. The van der Waals surface area contributed by atoms with E-state index in [4.69, 9.17) is 9.84 Å². The van der Waals surface area contributed by atoms with Gasteiger partial charge in [-0.25, -0.2) is 4.79 Å². The number of likely N-dealkylation sites (tertiary alicyclic amines) is 1. The van der Waals surface area contributed by atoms with Gasteiger partial charge in [0.2, 0.25) is 0 Å². The highest BCUT2D eigenvalue weighted by Crippen LogP contribution is 2.33. The Morgan fingerprint density at radius 3 is 2.69 bits per heavy atom. The van der Waals surface area contributed by atoms with Crippen molar-refractivity contribution in [1.29, 1.82) is 0 Å². The molecule has 1 aliphatic heterocycles. The zero-order valence-corrected chi connectivity index (χ0v) is 9.17. The maximum atomic E-state index is 11.6. The highest BCUT2D eigenvalue weighted by atomic mass is 16.6. The lowest BCUT2D eigenvalue weighted by Gasteiger charge is -2.40. The molecular formula is C12H15NO3. The van der Waals surface area contributed by atoms with E-state index in [1.165, 1.54) is 6.92 Å². The van der Waals surface area contributed by atoms with E-state index in [0.717, 1.165) is 12.0 Å². The molecule has 1 N–H and O–H groups in total. The molecule has 1 aliphatic rings. The van der Waals surface area contributed by atoms with Gasteiger partial charge in [-0.05, 0) is 18.9 Å². The third kappa shape index (κ3) is 2.17. The van der Waals surface area contributed by atoms with Crippen LogP contribution in [0.15, 0.2) is 30.3 Å². The van der Waals surface area contributed by atoms with Gasteiger partial charge in [0.25, 0.3) is 0 Å². The number of nitrogens with zero attached hydrogens (tertiary/aromatic N) is 1. The molecule has 2 unspecified atom stereocenters. The third-order valence-corrected chi connectivity index (χ3v) is 2.71. The van der Waals surface area contributed by atoms with Gasteiger partial charge in [-0.1, -0.05) is 30.3 Å². The quantitative estimate of drug-likeness (QED) is 0.776. The summed E-state index contributed by atoms with van der Waals surface area (Å²) in [7, 11) is 0. The van der Waals surface area contributed by atoms with Crippen LogP contribution < -0.4 is 0 Å². The van der Waals surface area contributed by atoms with Crippen molar-refractivity contribution in [3.63, 3.8) is 0 Å². The van der Waals surface area contributed by atoms with Gasteiger partial charge in [0.05, 0.1) is 6.04 Å². The molecule has 1 fully saturated rings. The smallest absolute Gasteiger partial charge is 0.412 e. The molecule has 0 spiro atoms. The van der Waals surface area contributed by atoms with E-state index < -0.39 is 12.4 Å². The zero-order valence-electron chi connectivity index (χ0n) is 9.17. The minimum Gasteiger partial charge on any atom is -0.420 e. The number of hydrogen-bond acceptors (Lipinski definition) is 3. The number of carbonyl (C=O) groups is 1. The molecule has 0 aromatic heterocycles. The van der Waals surface area contributed by atoms with Crippen molar-refractivity contribution in [1.82, 2.24) is 4.90 Å². The monoisotopic (exact) mass is 221 g/mol. The standard InChI is InChI=1S/C12H15NO3/c1-9(14)16-12(15)13-8-7-11(13)10-5-3-2-4-6-10/h2-6,9,11,14H,7-8H2,1H3. The SMILES string of the molecule is CC(O)OC(=O)N1CCC1c1ccccc1. The van der Waals surface area contributed by atoms with Gasteiger partial charge in [-0.3, -0.25) is 0 Å². The van der Waals surface area contributed by atoms with Crippen LogP contribution in [-0.2, 0) is 4.74 Å². The molecule has 0 saturated carbocycles. The Kier molecular flexibility index (Phi) is 3.10. The molecule has 2 atom stereocenters. The Bertz CT molecular complexity index is 364. The Labute approximate surface area is 94.4 Å². The first-order valence-corrected chi connectivity index (χ1v) is 5.39. The minimum atomic E-state index is -1.05. The van der Waals surface area contributed by atoms with E-state index in [2.05, 4.69) is 0 Å². The topological polar surface area (TPSA) is 49.8 Å². The molecule has 4 heteroatoms. The lowest BCUT2D eigenvalue weighted by atomic mass is 9.95. The van der Waals surface area contributed by atoms with Crippen LogP contribution in [0.4, 0.5) is 4.79 Å². The van der Waals surface area contributed by atoms with Gasteiger partial charge < -0.3 is 14.7 Å². The van der Waals surface area contributed by atoms with Crippen molar-refractivity contribution in [3.05, 3.63) is 35.9 Å². The Morgan fingerprint density at radius 1 is 1.50 bits per heavy atom. The second kappa shape index (κ2) is 4.53. The van der Waals surface area contributed by atoms with E-state index in [1.54, 1.807) is 4.90 Å². The first-order chi connectivity index (χ1) is 7.68. The summed E-state index contributed by atoms with van der Waals surface area (Å²) in [5, 5.41) is 8.98. The Morgan fingerprint density at radius 2 is 2.19 bits per heavy atom. The lowest BCUT2D eigenvalue weighted by Crippen LogP contribution is -2.46. The molecule has 1 aromatic rings. The number of hydrogen-bond donors (Lipinski definition) is 1. The first-order valence-electron chi connectivity index (χ1n) is 5.39. The fourth-order valence-corrected chi connectivity index (χ4v) is 1.84. The molecule has 1 aromatic carbocycles. The average Bonchev–Trinajstić information content (AvgIpc) is 2.16. The molecular weight excluding hydrogens is 206 g/mol. The second-order valence-electron chi connectivity index (χ2n) is 3.89. The van der Waals surface area contributed by atoms with Gasteiger partial charge in [0.1, 0.15) is 0 Å². The van der Waals surface area contributed by atoms with E-state index in [9.17, 15) is 4.79 Å². The summed E-state index contributed by atoms with van der Waals surface area (Å²) < 4.78 is 4.75. The van der Waals surface area contributed by atoms with Gasteiger partial charge in [0, 0.05) is 6.54 Å². The summed E-state index contributed by atoms with van der Waals surface area (Å²) in [6, 6.07) is 9.92. The fraction of sp³-hybridized carbons (Fsp3) is 0.417. The molecule has 0 bridgehead atoms. The van der Waals surface area contributed by atoms with Gasteiger partial charge in [0.15, 0.2) is 6.29 Å². The molecule has 16 heavy (non-hydrogen) atoms. The molecule has 0 aliphatic carbocycles. The van der Waals surface area contributed by atoms with Crippen molar-refractivity contribution in [2.45, 2.75) is 25.7 Å². The molecule has 1 saturated heterocycles. The van der Waals surface area contributed by atoms with Crippen LogP contribution in [0.2, 0.25) is 0 Å². The van der Waals surface area contributed by atoms with Crippen LogP contribution in [0.25, 0.3) is 0 Å². The third-order valence-electron chi connectivity index (χ3n) is 2.71. The van der Waals surface area contributed by atoms with Crippen LogP contribution in [0.1, 0.15) is 24.9 Å². The van der Waals surface area contributed by atoms with E-state index in [0.29, 0.717) is 6.54 Å². The summed E-state index contributed by atoms with van der Waals surface area (Å²) in [5.74, 6) is 0.